The van der Waals surface area contributed by atoms with Gasteiger partial charge in [-0.05, 0) is 30.9 Å². The second kappa shape index (κ2) is 7.47. The maximum Gasteiger partial charge on any atom is 0.211 e. The predicted octanol–water partition coefficient (Wildman–Crippen LogP) is 2.47. The average molecular weight is 443 g/mol. The Labute approximate surface area is 181 Å². The molecule has 1 aromatic carbocycles. The molecule has 164 valence electrons. The van der Waals surface area contributed by atoms with Crippen molar-refractivity contribution in [3.05, 3.63) is 47.8 Å². The van der Waals surface area contributed by atoms with Gasteiger partial charge in [-0.2, -0.15) is 10.2 Å². The molecule has 4 heterocycles. The van der Waals surface area contributed by atoms with Gasteiger partial charge in [-0.3, -0.25) is 14.6 Å². The molecule has 31 heavy (non-hydrogen) atoms. The van der Waals surface area contributed by atoms with Crippen molar-refractivity contribution in [2.24, 2.45) is 13.0 Å². The van der Waals surface area contributed by atoms with Crippen LogP contribution in [-0.2, 0) is 21.9 Å². The molecule has 0 radical (unpaired) electrons. The maximum atomic E-state index is 12.0. The van der Waals surface area contributed by atoms with Crippen LogP contribution in [0.3, 0.4) is 0 Å². The lowest BCUT2D eigenvalue weighted by atomic mass is 9.78. The number of nitrogens with zero attached hydrogens (tertiary/aromatic N) is 5. The van der Waals surface area contributed by atoms with E-state index in [-0.39, 0.29) is 5.92 Å². The van der Waals surface area contributed by atoms with Crippen molar-refractivity contribution in [1.82, 2.24) is 24.3 Å². The first kappa shape index (κ1) is 20.2. The van der Waals surface area contributed by atoms with E-state index in [1.54, 1.807) is 11.4 Å². The molecule has 1 unspecified atom stereocenters. The summed E-state index contributed by atoms with van der Waals surface area (Å²) in [4.78, 5) is 5.83. The van der Waals surface area contributed by atoms with E-state index in [9.17, 15) is 8.42 Å². The van der Waals surface area contributed by atoms with Gasteiger partial charge in [-0.15, -0.1) is 0 Å². The molecule has 1 fully saturated rings. The SMILES string of the molecule is CON1C(c2cccc3[nH]ncc23)=CC(C2CCN(S(C)(=O)=O)CC2)c2cnn(C)c21. The van der Waals surface area contributed by atoms with E-state index in [0.29, 0.717) is 19.0 Å². The van der Waals surface area contributed by atoms with Crippen LogP contribution in [0.15, 0.2) is 36.7 Å². The Kier molecular flexibility index (Phi) is 4.87. The number of hydrogen-bond donors (Lipinski definition) is 1. The smallest absolute Gasteiger partial charge is 0.211 e. The van der Waals surface area contributed by atoms with Crippen LogP contribution in [0.2, 0.25) is 0 Å². The minimum absolute atomic E-state index is 0.119. The summed E-state index contributed by atoms with van der Waals surface area (Å²) in [6.07, 6.45) is 8.87. The predicted molar refractivity (Wildman–Crippen MR) is 119 cm³/mol. The van der Waals surface area contributed by atoms with Gasteiger partial charge in [0.2, 0.25) is 10.0 Å². The summed E-state index contributed by atoms with van der Waals surface area (Å²) in [5.74, 6) is 1.34. The fraction of sp³-hybridized carbons (Fsp3) is 0.429. The molecule has 5 rings (SSSR count). The Bertz CT molecular complexity index is 1250. The highest BCUT2D eigenvalue weighted by Crippen LogP contribution is 2.46. The maximum absolute atomic E-state index is 12.0. The second-order valence-corrected chi connectivity index (χ2v) is 10.2. The van der Waals surface area contributed by atoms with Gasteiger partial charge >= 0.3 is 0 Å². The van der Waals surface area contributed by atoms with Crippen LogP contribution >= 0.6 is 0 Å². The zero-order chi connectivity index (χ0) is 21.8. The number of piperidine rings is 1. The van der Waals surface area contributed by atoms with E-state index in [0.717, 1.165) is 46.4 Å². The first-order chi connectivity index (χ1) is 14.9. The largest absolute Gasteiger partial charge is 0.278 e. The number of H-pyrrole nitrogens is 1. The first-order valence-electron chi connectivity index (χ1n) is 10.3. The Morgan fingerprint density at radius 2 is 1.97 bits per heavy atom. The number of allylic oxidation sites excluding steroid dienone is 1. The normalized spacial score (nSPS) is 20.8. The van der Waals surface area contributed by atoms with Gasteiger partial charge in [-0.25, -0.2) is 17.8 Å². The van der Waals surface area contributed by atoms with Crippen molar-refractivity contribution in [3.63, 3.8) is 0 Å². The van der Waals surface area contributed by atoms with Crippen LogP contribution in [0.4, 0.5) is 5.82 Å². The molecule has 3 aromatic rings. The Morgan fingerprint density at radius 3 is 2.68 bits per heavy atom. The number of nitrogens with one attached hydrogen (secondary N) is 1. The molecule has 9 nitrogen and oxygen atoms in total. The molecule has 2 aliphatic heterocycles. The average Bonchev–Trinajstić information content (AvgIpc) is 3.39. The van der Waals surface area contributed by atoms with Crippen LogP contribution in [-0.4, -0.2) is 59.2 Å². The van der Waals surface area contributed by atoms with Crippen molar-refractivity contribution < 1.29 is 13.3 Å². The third-order valence-corrected chi connectivity index (χ3v) is 7.76. The Morgan fingerprint density at radius 1 is 1.19 bits per heavy atom. The summed E-state index contributed by atoms with van der Waals surface area (Å²) in [5, 5.41) is 14.6. The summed E-state index contributed by atoms with van der Waals surface area (Å²) >= 11 is 0. The van der Waals surface area contributed by atoms with E-state index >= 15 is 0 Å². The number of fused-ring (bicyclic) bond motifs is 2. The van der Waals surface area contributed by atoms with Gasteiger partial charge in [-0.1, -0.05) is 12.1 Å². The number of hydroxylamine groups is 1. The first-order valence-corrected chi connectivity index (χ1v) is 12.2. The van der Waals surface area contributed by atoms with Crippen LogP contribution in [0.1, 0.15) is 29.9 Å². The van der Waals surface area contributed by atoms with E-state index in [1.807, 2.05) is 41.3 Å². The zero-order valence-corrected chi connectivity index (χ0v) is 18.6. The van der Waals surface area contributed by atoms with Crippen molar-refractivity contribution >= 4 is 32.4 Å². The monoisotopic (exact) mass is 442 g/mol. The van der Waals surface area contributed by atoms with Gasteiger partial charge in [0.1, 0.15) is 0 Å². The standard InChI is InChI=1S/C21H26N6O3S/c1-25-21-18(13-23-25)16(14-7-9-26(10-8-14)31(3,28)29)11-20(27(21)30-2)15-5-4-6-19-17(15)12-22-24-19/h4-6,11-14,16H,7-10H2,1-3H3,(H,22,24). The third kappa shape index (κ3) is 3.35. The van der Waals surface area contributed by atoms with Crippen molar-refractivity contribution in [2.45, 2.75) is 18.8 Å². The number of anilines is 1. The molecule has 2 aliphatic rings. The highest BCUT2D eigenvalue weighted by Gasteiger charge is 2.37. The minimum Gasteiger partial charge on any atom is -0.278 e. The van der Waals surface area contributed by atoms with Crippen LogP contribution < -0.4 is 5.06 Å². The Balaban J connectivity index is 1.59. The fourth-order valence-corrected chi connectivity index (χ4v) is 5.78. The number of aromatic amines is 1. The summed E-state index contributed by atoms with van der Waals surface area (Å²) in [6, 6.07) is 6.07. The number of aromatic nitrogens is 4. The minimum atomic E-state index is -3.16. The van der Waals surface area contributed by atoms with Gasteiger partial charge in [0.25, 0.3) is 0 Å². The molecule has 0 saturated carbocycles. The van der Waals surface area contributed by atoms with Crippen molar-refractivity contribution in [1.29, 1.82) is 0 Å². The van der Waals surface area contributed by atoms with E-state index in [4.69, 9.17) is 4.84 Å². The van der Waals surface area contributed by atoms with E-state index in [2.05, 4.69) is 27.4 Å². The van der Waals surface area contributed by atoms with Gasteiger partial charge in [0, 0.05) is 42.6 Å². The third-order valence-electron chi connectivity index (χ3n) is 6.46. The van der Waals surface area contributed by atoms with Gasteiger partial charge < -0.3 is 0 Å². The highest BCUT2D eigenvalue weighted by atomic mass is 32.2. The van der Waals surface area contributed by atoms with E-state index in [1.165, 1.54) is 6.26 Å². The summed E-state index contributed by atoms with van der Waals surface area (Å²) in [6.45, 7) is 1.09. The van der Waals surface area contributed by atoms with Gasteiger partial charge in [0.05, 0.1) is 37.0 Å². The number of hydrogen-bond acceptors (Lipinski definition) is 6. The fourth-order valence-electron chi connectivity index (χ4n) is 4.91. The Hall–Kier alpha value is -2.69. The number of sulfonamides is 1. The summed E-state index contributed by atoms with van der Waals surface area (Å²) < 4.78 is 27.3. The number of aryl methyl sites for hydroxylation is 1. The number of benzene rings is 1. The molecular formula is C21H26N6O3S. The molecular weight excluding hydrogens is 416 g/mol. The molecule has 0 aliphatic carbocycles. The molecule has 0 amide bonds. The summed E-state index contributed by atoms with van der Waals surface area (Å²) in [5.41, 5.74) is 4.04. The molecule has 1 atom stereocenters. The van der Waals surface area contributed by atoms with Crippen LogP contribution in [0, 0.1) is 5.92 Å². The number of rotatable bonds is 4. The van der Waals surface area contributed by atoms with Gasteiger partial charge in [0.15, 0.2) is 5.82 Å². The van der Waals surface area contributed by atoms with Crippen molar-refractivity contribution in [3.8, 4) is 0 Å². The molecule has 0 bridgehead atoms. The van der Waals surface area contributed by atoms with Crippen LogP contribution in [0.25, 0.3) is 16.6 Å². The molecule has 1 saturated heterocycles. The summed E-state index contributed by atoms with van der Waals surface area (Å²) in [7, 11) is 0.412. The van der Waals surface area contributed by atoms with Crippen molar-refractivity contribution in [2.75, 3.05) is 31.5 Å². The lowest BCUT2D eigenvalue weighted by Crippen LogP contribution is -2.39. The lowest BCUT2D eigenvalue weighted by molar-refractivity contribution is 0.194. The molecule has 1 N–H and O–H groups in total. The zero-order valence-electron chi connectivity index (χ0n) is 17.8. The second-order valence-electron chi connectivity index (χ2n) is 8.24. The van der Waals surface area contributed by atoms with Crippen LogP contribution in [0.5, 0.6) is 0 Å². The lowest BCUT2D eigenvalue weighted by Gasteiger charge is -2.38. The van der Waals surface area contributed by atoms with E-state index < -0.39 is 10.0 Å². The molecule has 10 heteroatoms. The molecule has 2 aromatic heterocycles. The topological polar surface area (TPSA) is 96.3 Å². The highest BCUT2D eigenvalue weighted by molar-refractivity contribution is 7.88. The quantitative estimate of drug-likeness (QED) is 0.667. The molecule has 0 spiro atoms.